The summed E-state index contributed by atoms with van der Waals surface area (Å²) in [6, 6.07) is 9.09. The summed E-state index contributed by atoms with van der Waals surface area (Å²) in [6.07, 6.45) is 1.89. The maximum Gasteiger partial charge on any atom is 0.252 e. The first-order valence-electron chi connectivity index (χ1n) is 7.21. The molecule has 0 fully saturated rings. The molecule has 2 aromatic rings. The smallest absolute Gasteiger partial charge is 0.252 e. The van der Waals surface area contributed by atoms with E-state index in [2.05, 4.69) is 22.2 Å². The minimum absolute atomic E-state index is 0.143. The summed E-state index contributed by atoms with van der Waals surface area (Å²) in [7, 11) is 0. The van der Waals surface area contributed by atoms with Crippen LogP contribution < -0.4 is 15.6 Å². The molecule has 0 spiro atoms. The van der Waals surface area contributed by atoms with Crippen molar-refractivity contribution in [1.82, 2.24) is 9.97 Å². The van der Waals surface area contributed by atoms with Gasteiger partial charge in [0.2, 0.25) is 5.95 Å². The van der Waals surface area contributed by atoms with Crippen LogP contribution in [0.2, 0.25) is 0 Å². The molecule has 1 aromatic heterocycles. The van der Waals surface area contributed by atoms with Crippen LogP contribution in [0.4, 0.5) is 11.6 Å². The van der Waals surface area contributed by atoms with Crippen molar-refractivity contribution in [1.29, 1.82) is 0 Å². The highest BCUT2D eigenvalue weighted by Crippen LogP contribution is 2.18. The van der Waals surface area contributed by atoms with E-state index in [9.17, 15) is 4.79 Å². The van der Waals surface area contributed by atoms with E-state index in [0.717, 1.165) is 30.0 Å². The summed E-state index contributed by atoms with van der Waals surface area (Å²) in [4.78, 5) is 18.7. The number of aromatic amines is 1. The Labute approximate surface area is 124 Å². The van der Waals surface area contributed by atoms with E-state index in [-0.39, 0.29) is 11.7 Å². The molecule has 0 radical (unpaired) electrons. The molecule has 5 nitrogen and oxygen atoms in total. The third-order valence-electron chi connectivity index (χ3n) is 2.79. The van der Waals surface area contributed by atoms with Gasteiger partial charge in [0.15, 0.2) is 0 Å². The van der Waals surface area contributed by atoms with E-state index in [0.29, 0.717) is 5.95 Å². The summed E-state index contributed by atoms with van der Waals surface area (Å²) in [6.45, 7) is 6.03. The molecule has 2 rings (SSSR count). The van der Waals surface area contributed by atoms with Gasteiger partial charge in [-0.2, -0.15) is 0 Å². The Kier molecular flexibility index (Phi) is 4.98. The van der Waals surface area contributed by atoms with Crippen LogP contribution in [0.25, 0.3) is 0 Å². The zero-order valence-electron chi connectivity index (χ0n) is 12.6. The van der Waals surface area contributed by atoms with Gasteiger partial charge in [-0.1, -0.05) is 13.3 Å². The predicted octanol–water partition coefficient (Wildman–Crippen LogP) is 3.25. The highest BCUT2D eigenvalue weighted by Gasteiger charge is 2.02. The number of aryl methyl sites for hydroxylation is 1. The second-order valence-electron chi connectivity index (χ2n) is 5.15. The molecule has 0 aliphatic heterocycles. The first-order valence-corrected chi connectivity index (χ1v) is 7.21. The van der Waals surface area contributed by atoms with Crippen molar-refractivity contribution in [3.05, 3.63) is 46.4 Å². The number of benzene rings is 1. The lowest BCUT2D eigenvalue weighted by Crippen LogP contribution is -2.12. The van der Waals surface area contributed by atoms with Crippen molar-refractivity contribution in [3.63, 3.8) is 0 Å². The largest absolute Gasteiger partial charge is 0.491 e. The standard InChI is InChI=1S/C16H21N3O2/c1-4-5-13-10-15(20)19-16(18-13)17-12-6-8-14(9-7-12)21-11(2)3/h6-11H,4-5H2,1-3H3,(H2,17,18,19,20). The number of H-pyrrole nitrogens is 1. The minimum Gasteiger partial charge on any atom is -0.491 e. The fourth-order valence-corrected chi connectivity index (χ4v) is 1.98. The molecule has 2 N–H and O–H groups in total. The van der Waals surface area contributed by atoms with Crippen LogP contribution in [0.15, 0.2) is 35.1 Å². The van der Waals surface area contributed by atoms with Crippen molar-refractivity contribution in [2.75, 3.05) is 5.32 Å². The summed E-state index contributed by atoms with van der Waals surface area (Å²) < 4.78 is 5.59. The molecule has 5 heteroatoms. The second kappa shape index (κ2) is 6.92. The Morgan fingerprint density at radius 1 is 1.29 bits per heavy atom. The molecule has 0 aliphatic carbocycles. The normalized spacial score (nSPS) is 10.7. The molecule has 1 heterocycles. The number of aromatic nitrogens is 2. The van der Waals surface area contributed by atoms with E-state index in [4.69, 9.17) is 4.74 Å². The maximum atomic E-state index is 11.6. The zero-order chi connectivity index (χ0) is 15.2. The molecule has 0 saturated carbocycles. The Hall–Kier alpha value is -2.30. The van der Waals surface area contributed by atoms with Gasteiger partial charge in [-0.3, -0.25) is 9.78 Å². The molecule has 0 saturated heterocycles. The molecule has 0 amide bonds. The molecule has 1 aromatic carbocycles. The average molecular weight is 287 g/mol. The van der Waals surface area contributed by atoms with Crippen molar-refractivity contribution >= 4 is 11.6 Å². The number of hydrogen-bond donors (Lipinski definition) is 2. The SMILES string of the molecule is CCCc1cc(=O)[nH]c(Nc2ccc(OC(C)C)cc2)n1. The predicted molar refractivity (Wildman–Crippen MR) is 84.3 cm³/mol. The van der Waals surface area contributed by atoms with Crippen LogP contribution in [-0.4, -0.2) is 16.1 Å². The highest BCUT2D eigenvalue weighted by molar-refractivity contribution is 5.54. The van der Waals surface area contributed by atoms with Crippen LogP contribution in [-0.2, 0) is 6.42 Å². The van der Waals surface area contributed by atoms with Gasteiger partial charge in [0, 0.05) is 17.4 Å². The first-order chi connectivity index (χ1) is 10.1. The lowest BCUT2D eigenvalue weighted by Gasteiger charge is -2.11. The number of nitrogens with one attached hydrogen (secondary N) is 2. The van der Waals surface area contributed by atoms with E-state index < -0.39 is 0 Å². The number of rotatable bonds is 6. The molecule has 0 atom stereocenters. The lowest BCUT2D eigenvalue weighted by molar-refractivity contribution is 0.242. The quantitative estimate of drug-likeness (QED) is 0.855. The van der Waals surface area contributed by atoms with Gasteiger partial charge >= 0.3 is 0 Å². The van der Waals surface area contributed by atoms with Gasteiger partial charge < -0.3 is 10.1 Å². The van der Waals surface area contributed by atoms with Crippen molar-refractivity contribution < 1.29 is 4.74 Å². The summed E-state index contributed by atoms with van der Waals surface area (Å²) in [5.41, 5.74) is 1.50. The van der Waals surface area contributed by atoms with Crippen LogP contribution in [0, 0.1) is 0 Å². The topological polar surface area (TPSA) is 67.0 Å². The Balaban J connectivity index is 2.12. The molecule has 21 heavy (non-hydrogen) atoms. The Morgan fingerprint density at radius 3 is 2.62 bits per heavy atom. The molecule has 0 aliphatic rings. The van der Waals surface area contributed by atoms with E-state index >= 15 is 0 Å². The van der Waals surface area contributed by atoms with Crippen LogP contribution in [0.5, 0.6) is 5.75 Å². The van der Waals surface area contributed by atoms with Crippen LogP contribution in [0.3, 0.4) is 0 Å². The summed E-state index contributed by atoms with van der Waals surface area (Å²) in [5, 5.41) is 3.10. The number of hydrogen-bond acceptors (Lipinski definition) is 4. The summed E-state index contributed by atoms with van der Waals surface area (Å²) in [5.74, 6) is 1.28. The van der Waals surface area contributed by atoms with Crippen molar-refractivity contribution in [2.45, 2.75) is 39.7 Å². The van der Waals surface area contributed by atoms with Gasteiger partial charge in [-0.05, 0) is 44.5 Å². The molecule has 0 bridgehead atoms. The third kappa shape index (κ3) is 4.63. The van der Waals surface area contributed by atoms with E-state index in [1.807, 2.05) is 38.1 Å². The van der Waals surface area contributed by atoms with Crippen molar-refractivity contribution in [3.8, 4) is 5.75 Å². The third-order valence-corrected chi connectivity index (χ3v) is 2.79. The van der Waals surface area contributed by atoms with E-state index in [1.54, 1.807) is 0 Å². The highest BCUT2D eigenvalue weighted by atomic mass is 16.5. The van der Waals surface area contributed by atoms with E-state index in [1.165, 1.54) is 6.07 Å². The molecule has 112 valence electrons. The van der Waals surface area contributed by atoms with Gasteiger partial charge in [-0.25, -0.2) is 4.98 Å². The Morgan fingerprint density at radius 2 is 2.00 bits per heavy atom. The van der Waals surface area contributed by atoms with Gasteiger partial charge in [-0.15, -0.1) is 0 Å². The molecular formula is C16H21N3O2. The Bertz CT molecular complexity index is 633. The molecular weight excluding hydrogens is 266 g/mol. The first kappa shape index (κ1) is 15.1. The fourth-order valence-electron chi connectivity index (χ4n) is 1.98. The van der Waals surface area contributed by atoms with Gasteiger partial charge in [0.05, 0.1) is 6.10 Å². The number of ether oxygens (including phenoxy) is 1. The average Bonchev–Trinajstić information content (AvgIpc) is 2.40. The molecule has 0 unspecified atom stereocenters. The van der Waals surface area contributed by atoms with Crippen LogP contribution in [0.1, 0.15) is 32.9 Å². The second-order valence-corrected chi connectivity index (χ2v) is 5.15. The zero-order valence-corrected chi connectivity index (χ0v) is 12.6. The lowest BCUT2D eigenvalue weighted by atomic mass is 10.2. The fraction of sp³-hybridized carbons (Fsp3) is 0.375. The number of anilines is 2. The number of nitrogens with zero attached hydrogens (tertiary/aromatic N) is 1. The van der Waals surface area contributed by atoms with Gasteiger partial charge in [0.1, 0.15) is 5.75 Å². The summed E-state index contributed by atoms with van der Waals surface area (Å²) >= 11 is 0. The minimum atomic E-state index is -0.143. The van der Waals surface area contributed by atoms with Crippen molar-refractivity contribution in [2.24, 2.45) is 0 Å². The monoisotopic (exact) mass is 287 g/mol. The maximum absolute atomic E-state index is 11.6. The van der Waals surface area contributed by atoms with Gasteiger partial charge in [0.25, 0.3) is 5.56 Å². The van der Waals surface area contributed by atoms with Crippen LogP contribution >= 0.6 is 0 Å².